The van der Waals surface area contributed by atoms with Crippen LogP contribution in [0.15, 0.2) is 54.4 Å². The molecule has 2 aromatic rings. The van der Waals surface area contributed by atoms with Crippen LogP contribution in [-0.4, -0.2) is 15.4 Å². The molecule has 0 amide bonds. The minimum atomic E-state index is -0.515. The summed E-state index contributed by atoms with van der Waals surface area (Å²) in [6.07, 6.45) is 3.22. The van der Waals surface area contributed by atoms with Gasteiger partial charge in [0.1, 0.15) is 0 Å². The van der Waals surface area contributed by atoms with Crippen molar-refractivity contribution in [3.8, 4) is 0 Å². The second-order valence-electron chi connectivity index (χ2n) is 4.69. The number of aromatic nitrogens is 1. The molecule has 5 nitrogen and oxygen atoms in total. The average molecular weight is 268 g/mol. The molecule has 5 heteroatoms. The Morgan fingerprint density at radius 2 is 1.90 bits per heavy atom. The minimum Gasteiger partial charge on any atom is -0.288 e. The fourth-order valence-electron chi connectivity index (χ4n) is 2.52. The van der Waals surface area contributed by atoms with E-state index in [0.29, 0.717) is 5.69 Å². The van der Waals surface area contributed by atoms with Crippen LogP contribution in [0, 0.1) is 10.1 Å². The summed E-state index contributed by atoms with van der Waals surface area (Å²) in [7, 11) is 0. The van der Waals surface area contributed by atoms with Crippen LogP contribution in [0.5, 0.6) is 0 Å². The lowest BCUT2D eigenvalue weighted by Gasteiger charge is -2.12. The predicted molar refractivity (Wildman–Crippen MR) is 73.8 cm³/mol. The van der Waals surface area contributed by atoms with E-state index in [1.807, 2.05) is 30.3 Å². The summed E-state index contributed by atoms with van der Waals surface area (Å²) >= 11 is 0. The van der Waals surface area contributed by atoms with E-state index in [1.54, 1.807) is 18.3 Å². The number of fused-ring (bicyclic) bond motifs is 1. The number of hydrogen-bond donors (Lipinski definition) is 0. The summed E-state index contributed by atoms with van der Waals surface area (Å²) in [5.74, 6) is -0.648. The van der Waals surface area contributed by atoms with Gasteiger partial charge < -0.3 is 0 Å². The van der Waals surface area contributed by atoms with E-state index in [-0.39, 0.29) is 18.0 Å². The SMILES string of the molecule is O=C1C[C@H](c2ccccc2)C([N+](=O)[O-])=Cc2cccn21. The molecule has 0 aliphatic carbocycles. The standard InChI is InChI=1S/C15H12N2O3/c18-15-10-13(11-5-2-1-3-6-11)14(17(19)20)9-12-7-4-8-16(12)15/h1-9,13H,10H2/t13-/m1/s1. The lowest BCUT2D eigenvalue weighted by atomic mass is 9.92. The number of benzene rings is 1. The molecule has 3 rings (SSSR count). The van der Waals surface area contributed by atoms with Gasteiger partial charge >= 0.3 is 0 Å². The molecular formula is C15H12N2O3. The number of nitro groups is 1. The molecule has 0 saturated carbocycles. The number of carbonyl (C=O) groups excluding carboxylic acids is 1. The fraction of sp³-hybridized carbons (Fsp3) is 0.133. The molecule has 0 fully saturated rings. The Bertz CT molecular complexity index is 701. The topological polar surface area (TPSA) is 65.1 Å². The summed E-state index contributed by atoms with van der Waals surface area (Å²) in [6, 6.07) is 12.5. The Morgan fingerprint density at radius 3 is 2.60 bits per heavy atom. The number of carbonyl (C=O) groups is 1. The van der Waals surface area contributed by atoms with Crippen LogP contribution in [0.2, 0.25) is 0 Å². The first kappa shape index (κ1) is 12.3. The Hall–Kier alpha value is -2.69. The highest BCUT2D eigenvalue weighted by molar-refractivity contribution is 5.84. The molecule has 0 saturated heterocycles. The van der Waals surface area contributed by atoms with Crippen molar-refractivity contribution in [2.45, 2.75) is 12.3 Å². The van der Waals surface area contributed by atoms with E-state index in [0.717, 1.165) is 5.56 Å². The molecule has 0 N–H and O–H groups in total. The van der Waals surface area contributed by atoms with Crippen molar-refractivity contribution in [3.63, 3.8) is 0 Å². The van der Waals surface area contributed by atoms with Crippen molar-refractivity contribution in [2.75, 3.05) is 0 Å². The molecule has 100 valence electrons. The van der Waals surface area contributed by atoms with Gasteiger partial charge in [0, 0.05) is 18.7 Å². The molecule has 0 radical (unpaired) electrons. The molecule has 0 spiro atoms. The first-order valence-electron chi connectivity index (χ1n) is 6.28. The van der Waals surface area contributed by atoms with Crippen LogP contribution < -0.4 is 0 Å². The third-order valence-electron chi connectivity index (χ3n) is 3.49. The van der Waals surface area contributed by atoms with Crippen molar-refractivity contribution in [1.82, 2.24) is 4.57 Å². The average Bonchev–Trinajstić information content (AvgIpc) is 2.86. The number of rotatable bonds is 2. The zero-order valence-corrected chi connectivity index (χ0v) is 10.6. The third-order valence-corrected chi connectivity index (χ3v) is 3.49. The van der Waals surface area contributed by atoms with Crippen LogP contribution in [0.3, 0.4) is 0 Å². The van der Waals surface area contributed by atoms with Gasteiger partial charge in [0.25, 0.3) is 5.70 Å². The van der Waals surface area contributed by atoms with Gasteiger partial charge in [-0.25, -0.2) is 0 Å². The van der Waals surface area contributed by atoms with E-state index in [1.165, 1.54) is 10.6 Å². The maximum absolute atomic E-state index is 12.2. The molecule has 0 bridgehead atoms. The highest BCUT2D eigenvalue weighted by Gasteiger charge is 2.32. The number of nitrogens with zero attached hydrogens (tertiary/aromatic N) is 2. The molecule has 1 atom stereocenters. The van der Waals surface area contributed by atoms with E-state index in [9.17, 15) is 14.9 Å². The Morgan fingerprint density at radius 1 is 1.15 bits per heavy atom. The number of hydrogen-bond acceptors (Lipinski definition) is 3. The Balaban J connectivity index is 2.13. The van der Waals surface area contributed by atoms with Crippen LogP contribution in [0.25, 0.3) is 6.08 Å². The van der Waals surface area contributed by atoms with E-state index < -0.39 is 10.8 Å². The lowest BCUT2D eigenvalue weighted by molar-refractivity contribution is -0.428. The molecular weight excluding hydrogens is 256 g/mol. The molecule has 1 aromatic carbocycles. The maximum Gasteiger partial charge on any atom is 0.256 e. The van der Waals surface area contributed by atoms with E-state index >= 15 is 0 Å². The first-order chi connectivity index (χ1) is 9.66. The molecule has 1 aliphatic rings. The molecule has 20 heavy (non-hydrogen) atoms. The largest absolute Gasteiger partial charge is 0.288 e. The zero-order valence-electron chi connectivity index (χ0n) is 10.6. The summed E-state index contributed by atoms with van der Waals surface area (Å²) in [6.45, 7) is 0. The quantitative estimate of drug-likeness (QED) is 0.621. The second-order valence-corrected chi connectivity index (χ2v) is 4.69. The normalized spacial score (nSPS) is 18.1. The van der Waals surface area contributed by atoms with E-state index in [2.05, 4.69) is 0 Å². The Labute approximate surface area is 115 Å². The monoisotopic (exact) mass is 268 g/mol. The van der Waals surface area contributed by atoms with Gasteiger partial charge in [-0.3, -0.25) is 19.5 Å². The predicted octanol–water partition coefficient (Wildman–Crippen LogP) is 2.93. The fourth-order valence-corrected chi connectivity index (χ4v) is 2.52. The highest BCUT2D eigenvalue weighted by atomic mass is 16.6. The van der Waals surface area contributed by atoms with Gasteiger partial charge in [-0.2, -0.15) is 0 Å². The Kier molecular flexibility index (Phi) is 2.95. The zero-order chi connectivity index (χ0) is 14.1. The van der Waals surface area contributed by atoms with Crippen molar-refractivity contribution in [1.29, 1.82) is 0 Å². The second kappa shape index (κ2) is 4.77. The van der Waals surface area contributed by atoms with Crippen molar-refractivity contribution in [2.24, 2.45) is 0 Å². The van der Waals surface area contributed by atoms with Gasteiger partial charge in [0.2, 0.25) is 5.91 Å². The van der Waals surface area contributed by atoms with E-state index in [4.69, 9.17) is 0 Å². The third kappa shape index (κ3) is 2.03. The first-order valence-corrected chi connectivity index (χ1v) is 6.28. The smallest absolute Gasteiger partial charge is 0.256 e. The van der Waals surface area contributed by atoms with Crippen LogP contribution in [0.4, 0.5) is 0 Å². The van der Waals surface area contributed by atoms with Crippen molar-refractivity contribution < 1.29 is 9.72 Å². The lowest BCUT2D eigenvalue weighted by Crippen LogP contribution is -2.15. The number of allylic oxidation sites excluding steroid dienone is 1. The summed E-state index contributed by atoms with van der Waals surface area (Å²) in [5, 5.41) is 11.3. The highest BCUT2D eigenvalue weighted by Crippen LogP contribution is 2.32. The van der Waals surface area contributed by atoms with Crippen molar-refractivity contribution in [3.05, 3.63) is 75.7 Å². The van der Waals surface area contributed by atoms with Gasteiger partial charge in [-0.1, -0.05) is 30.3 Å². The van der Waals surface area contributed by atoms with Gasteiger partial charge in [0.05, 0.1) is 16.5 Å². The van der Waals surface area contributed by atoms with Crippen LogP contribution >= 0.6 is 0 Å². The van der Waals surface area contributed by atoms with Crippen molar-refractivity contribution >= 4 is 12.0 Å². The van der Waals surface area contributed by atoms with Crippen LogP contribution in [-0.2, 0) is 0 Å². The minimum absolute atomic E-state index is 0.0574. The maximum atomic E-state index is 12.2. The molecule has 1 aromatic heterocycles. The van der Waals surface area contributed by atoms with Gasteiger partial charge in [0.15, 0.2) is 0 Å². The molecule has 2 heterocycles. The van der Waals surface area contributed by atoms with Gasteiger partial charge in [-0.05, 0) is 17.7 Å². The summed E-state index contributed by atoms with van der Waals surface area (Å²) in [5.41, 5.74) is 1.40. The molecule has 1 aliphatic heterocycles. The van der Waals surface area contributed by atoms with Gasteiger partial charge in [-0.15, -0.1) is 0 Å². The molecule has 0 unspecified atom stereocenters. The summed E-state index contributed by atoms with van der Waals surface area (Å²) < 4.78 is 1.46. The van der Waals surface area contributed by atoms with Crippen LogP contribution in [0.1, 0.15) is 28.4 Å². The summed E-state index contributed by atoms with van der Waals surface area (Å²) in [4.78, 5) is 23.2.